The molecule has 5 nitrogen and oxygen atoms in total. The molecule has 2 rings (SSSR count). The zero-order chi connectivity index (χ0) is 14.8. The Morgan fingerprint density at radius 3 is 2.10 bits per heavy atom. The quantitative estimate of drug-likeness (QED) is 0.741. The van der Waals surface area contributed by atoms with Gasteiger partial charge in [-0.2, -0.15) is 0 Å². The van der Waals surface area contributed by atoms with Gasteiger partial charge in [-0.1, -0.05) is 6.42 Å². The first-order chi connectivity index (χ1) is 9.37. The molecule has 2 fully saturated rings. The van der Waals surface area contributed by atoms with Crippen LogP contribution in [0, 0.1) is 5.92 Å². The first-order valence-corrected chi connectivity index (χ1v) is 7.63. The lowest BCUT2D eigenvalue weighted by molar-refractivity contribution is -0.138. The molecule has 2 amide bonds. The third kappa shape index (κ3) is 3.87. The molecule has 20 heavy (non-hydrogen) atoms. The maximum atomic E-state index is 12.2. The predicted molar refractivity (Wildman–Crippen MR) is 76.3 cm³/mol. The first-order valence-electron chi connectivity index (χ1n) is 7.63. The molecule has 1 heterocycles. The van der Waals surface area contributed by atoms with E-state index in [-0.39, 0.29) is 17.9 Å². The van der Waals surface area contributed by atoms with Crippen molar-refractivity contribution in [1.82, 2.24) is 9.80 Å². The van der Waals surface area contributed by atoms with Gasteiger partial charge in [0.2, 0.25) is 5.91 Å². The Bertz CT molecular complexity index is 372. The highest BCUT2D eigenvalue weighted by Crippen LogP contribution is 2.28. The monoisotopic (exact) mass is 282 g/mol. The van der Waals surface area contributed by atoms with E-state index in [4.69, 9.17) is 4.74 Å². The van der Waals surface area contributed by atoms with E-state index in [2.05, 4.69) is 0 Å². The van der Waals surface area contributed by atoms with Gasteiger partial charge in [0, 0.05) is 32.1 Å². The van der Waals surface area contributed by atoms with Gasteiger partial charge in [0.25, 0.3) is 0 Å². The summed E-state index contributed by atoms with van der Waals surface area (Å²) in [6, 6.07) is 0. The Kier molecular flexibility index (Phi) is 4.55. The first kappa shape index (κ1) is 15.1. The Morgan fingerprint density at radius 2 is 1.55 bits per heavy atom. The third-order valence-corrected chi connectivity index (χ3v) is 3.91. The van der Waals surface area contributed by atoms with Crippen molar-refractivity contribution in [3.63, 3.8) is 0 Å². The van der Waals surface area contributed by atoms with Crippen LogP contribution >= 0.6 is 0 Å². The molecular weight excluding hydrogens is 256 g/mol. The van der Waals surface area contributed by atoms with Crippen LogP contribution in [0.25, 0.3) is 0 Å². The third-order valence-electron chi connectivity index (χ3n) is 3.91. The number of amides is 2. The molecule has 2 aliphatic rings. The van der Waals surface area contributed by atoms with Crippen molar-refractivity contribution in [3.05, 3.63) is 0 Å². The average molecular weight is 282 g/mol. The molecule has 114 valence electrons. The van der Waals surface area contributed by atoms with E-state index < -0.39 is 5.60 Å². The van der Waals surface area contributed by atoms with Crippen molar-refractivity contribution in [2.24, 2.45) is 5.92 Å². The molecule has 1 saturated carbocycles. The lowest BCUT2D eigenvalue weighted by Gasteiger charge is -2.31. The molecule has 0 radical (unpaired) electrons. The zero-order valence-corrected chi connectivity index (χ0v) is 12.9. The second-order valence-corrected chi connectivity index (χ2v) is 6.77. The van der Waals surface area contributed by atoms with Crippen LogP contribution in [-0.4, -0.2) is 53.6 Å². The van der Waals surface area contributed by atoms with Crippen molar-refractivity contribution < 1.29 is 14.3 Å². The molecule has 0 N–H and O–H groups in total. The van der Waals surface area contributed by atoms with Gasteiger partial charge in [-0.25, -0.2) is 4.79 Å². The lowest BCUT2D eigenvalue weighted by atomic mass is 9.84. The van der Waals surface area contributed by atoms with Gasteiger partial charge in [-0.3, -0.25) is 4.79 Å². The Hall–Kier alpha value is -1.26. The maximum Gasteiger partial charge on any atom is 0.410 e. The standard InChI is InChI=1S/C15H26N2O3/c1-15(2,3)20-14(19)17-9-5-8-16(10-11-17)13(18)12-6-4-7-12/h12H,4-11H2,1-3H3. The summed E-state index contributed by atoms with van der Waals surface area (Å²) in [4.78, 5) is 27.9. The number of carbonyl (C=O) groups is 2. The van der Waals surface area contributed by atoms with Crippen LogP contribution < -0.4 is 0 Å². The van der Waals surface area contributed by atoms with Crippen molar-refractivity contribution in [1.29, 1.82) is 0 Å². The summed E-state index contributed by atoms with van der Waals surface area (Å²) in [6.07, 6.45) is 3.80. The second-order valence-electron chi connectivity index (χ2n) is 6.77. The number of hydrogen-bond donors (Lipinski definition) is 0. The summed E-state index contributed by atoms with van der Waals surface area (Å²) < 4.78 is 5.39. The van der Waals surface area contributed by atoms with Crippen LogP contribution in [-0.2, 0) is 9.53 Å². The number of ether oxygens (including phenoxy) is 1. The average Bonchev–Trinajstić information content (AvgIpc) is 2.49. The van der Waals surface area contributed by atoms with Crippen molar-refractivity contribution in [2.75, 3.05) is 26.2 Å². The Labute approximate surface area is 121 Å². The van der Waals surface area contributed by atoms with Crippen LogP contribution in [0.1, 0.15) is 46.5 Å². The van der Waals surface area contributed by atoms with Crippen molar-refractivity contribution >= 4 is 12.0 Å². The summed E-state index contributed by atoms with van der Waals surface area (Å²) in [7, 11) is 0. The van der Waals surface area contributed by atoms with Gasteiger partial charge < -0.3 is 14.5 Å². The topological polar surface area (TPSA) is 49.9 Å². The molecule has 1 aliphatic carbocycles. The molecule has 0 aromatic rings. The molecule has 0 aromatic carbocycles. The fourth-order valence-electron chi connectivity index (χ4n) is 2.56. The summed E-state index contributed by atoms with van der Waals surface area (Å²) >= 11 is 0. The Morgan fingerprint density at radius 1 is 0.950 bits per heavy atom. The largest absolute Gasteiger partial charge is 0.444 e. The van der Waals surface area contributed by atoms with E-state index >= 15 is 0 Å². The highest BCUT2D eigenvalue weighted by molar-refractivity contribution is 5.79. The van der Waals surface area contributed by atoms with Crippen LogP contribution in [0.15, 0.2) is 0 Å². The molecule has 0 atom stereocenters. The highest BCUT2D eigenvalue weighted by atomic mass is 16.6. The minimum atomic E-state index is -0.467. The summed E-state index contributed by atoms with van der Waals surface area (Å²) in [5, 5.41) is 0. The number of hydrogen-bond acceptors (Lipinski definition) is 3. The molecule has 0 aromatic heterocycles. The van der Waals surface area contributed by atoms with Crippen LogP contribution in [0.2, 0.25) is 0 Å². The normalized spacial score (nSPS) is 21.1. The molecule has 1 saturated heterocycles. The van der Waals surface area contributed by atoms with Gasteiger partial charge in [0.1, 0.15) is 5.60 Å². The van der Waals surface area contributed by atoms with Crippen molar-refractivity contribution in [2.45, 2.75) is 52.1 Å². The fourth-order valence-corrected chi connectivity index (χ4v) is 2.56. The summed E-state index contributed by atoms with van der Waals surface area (Å²) in [5.74, 6) is 0.519. The highest BCUT2D eigenvalue weighted by Gasteiger charge is 2.31. The van der Waals surface area contributed by atoms with E-state index in [0.29, 0.717) is 19.6 Å². The van der Waals surface area contributed by atoms with Gasteiger partial charge in [0.15, 0.2) is 0 Å². The molecule has 1 aliphatic heterocycles. The van der Waals surface area contributed by atoms with Gasteiger partial charge in [0.05, 0.1) is 0 Å². The van der Waals surface area contributed by atoms with Gasteiger partial charge >= 0.3 is 6.09 Å². The molecule has 0 spiro atoms. The number of nitrogens with zero attached hydrogens (tertiary/aromatic N) is 2. The minimum Gasteiger partial charge on any atom is -0.444 e. The van der Waals surface area contributed by atoms with Crippen LogP contribution in [0.4, 0.5) is 4.79 Å². The molecule has 0 bridgehead atoms. The SMILES string of the molecule is CC(C)(C)OC(=O)N1CCCN(C(=O)C2CCC2)CC1. The summed E-state index contributed by atoms with van der Waals surface area (Å²) in [5.41, 5.74) is -0.467. The second kappa shape index (κ2) is 6.02. The summed E-state index contributed by atoms with van der Waals surface area (Å²) in [6.45, 7) is 8.25. The van der Waals surface area contributed by atoms with Gasteiger partial charge in [-0.05, 0) is 40.0 Å². The van der Waals surface area contributed by atoms with E-state index in [9.17, 15) is 9.59 Å². The lowest BCUT2D eigenvalue weighted by Crippen LogP contribution is -2.42. The van der Waals surface area contributed by atoms with E-state index in [0.717, 1.165) is 25.8 Å². The number of carbonyl (C=O) groups excluding carboxylic acids is 2. The minimum absolute atomic E-state index is 0.239. The van der Waals surface area contributed by atoms with E-state index in [1.807, 2.05) is 25.7 Å². The number of rotatable bonds is 1. The molecular formula is C15H26N2O3. The van der Waals surface area contributed by atoms with E-state index in [1.165, 1.54) is 6.42 Å². The smallest absolute Gasteiger partial charge is 0.410 e. The zero-order valence-electron chi connectivity index (χ0n) is 12.9. The Balaban J connectivity index is 1.85. The fraction of sp³-hybridized carbons (Fsp3) is 0.867. The van der Waals surface area contributed by atoms with Crippen LogP contribution in [0.3, 0.4) is 0 Å². The van der Waals surface area contributed by atoms with Gasteiger partial charge in [-0.15, -0.1) is 0 Å². The van der Waals surface area contributed by atoms with Crippen molar-refractivity contribution in [3.8, 4) is 0 Å². The predicted octanol–water partition coefficient (Wildman–Crippen LogP) is 2.26. The van der Waals surface area contributed by atoms with E-state index in [1.54, 1.807) is 4.90 Å². The molecule has 0 unspecified atom stereocenters. The van der Waals surface area contributed by atoms with Crippen LogP contribution in [0.5, 0.6) is 0 Å². The molecule has 5 heteroatoms. The maximum absolute atomic E-state index is 12.2.